The molecule has 2 N–H and O–H groups in total. The third-order valence-corrected chi connectivity index (χ3v) is 4.06. The van der Waals surface area contributed by atoms with Crippen molar-refractivity contribution >= 4 is 0 Å². The maximum atomic E-state index is 6.28. The molecule has 2 rings (SSSR count). The first kappa shape index (κ1) is 15.2. The zero-order valence-corrected chi connectivity index (χ0v) is 12.7. The summed E-state index contributed by atoms with van der Waals surface area (Å²) in [5, 5.41) is 0. The fourth-order valence-corrected chi connectivity index (χ4v) is 2.84. The first-order chi connectivity index (χ1) is 9.74. The molecule has 0 saturated heterocycles. The zero-order valence-electron chi connectivity index (χ0n) is 12.7. The quantitative estimate of drug-likeness (QED) is 0.759. The highest BCUT2D eigenvalue weighted by atomic mass is 16.5. The molecule has 3 heteroatoms. The maximum absolute atomic E-state index is 6.28. The lowest BCUT2D eigenvalue weighted by Crippen LogP contribution is -2.29. The molecule has 1 aromatic carbocycles. The van der Waals surface area contributed by atoms with Gasteiger partial charge >= 0.3 is 0 Å². The molecular weight excluding hydrogens is 250 g/mol. The lowest BCUT2D eigenvalue weighted by molar-refractivity contribution is 0.146. The number of hydrogen-bond donors (Lipinski definition) is 1. The minimum atomic E-state index is 0.0643. The Kier molecular flexibility index (Phi) is 5.72. The predicted octanol–water partition coefficient (Wildman–Crippen LogP) is 4.21. The highest BCUT2D eigenvalue weighted by Crippen LogP contribution is 2.37. The second-order valence-corrected chi connectivity index (χ2v) is 5.69. The number of hydrogen-bond acceptors (Lipinski definition) is 3. The second-order valence-electron chi connectivity index (χ2n) is 5.69. The lowest BCUT2D eigenvalue weighted by atomic mass is 9.94. The van der Waals surface area contributed by atoms with E-state index in [0.717, 1.165) is 29.9 Å². The molecule has 0 bridgehead atoms. The van der Waals surface area contributed by atoms with Crippen LogP contribution in [0.3, 0.4) is 0 Å². The van der Waals surface area contributed by atoms with Crippen LogP contribution in [0.5, 0.6) is 11.5 Å². The average molecular weight is 277 g/mol. The molecule has 0 aliphatic carbocycles. The largest absolute Gasteiger partial charge is 0.497 e. The van der Waals surface area contributed by atoms with Gasteiger partial charge in [-0.1, -0.05) is 32.6 Å². The van der Waals surface area contributed by atoms with Gasteiger partial charge in [-0.15, -0.1) is 0 Å². The Balaban J connectivity index is 1.87. The van der Waals surface area contributed by atoms with Crippen molar-refractivity contribution in [2.45, 2.75) is 64.0 Å². The molecule has 1 unspecified atom stereocenters. The summed E-state index contributed by atoms with van der Waals surface area (Å²) in [5.74, 6) is 1.78. The highest BCUT2D eigenvalue weighted by molar-refractivity contribution is 5.43. The van der Waals surface area contributed by atoms with Crippen LogP contribution in [0.4, 0.5) is 0 Å². The highest BCUT2D eigenvalue weighted by Gasteiger charge is 2.25. The molecule has 0 fully saturated rings. The summed E-state index contributed by atoms with van der Waals surface area (Å²) in [5.41, 5.74) is 7.35. The van der Waals surface area contributed by atoms with E-state index in [9.17, 15) is 0 Å². The molecule has 20 heavy (non-hydrogen) atoms. The Hall–Kier alpha value is -1.22. The van der Waals surface area contributed by atoms with Gasteiger partial charge in [-0.05, 0) is 31.0 Å². The van der Waals surface area contributed by atoms with Crippen LogP contribution in [0.2, 0.25) is 0 Å². The van der Waals surface area contributed by atoms with E-state index in [4.69, 9.17) is 15.2 Å². The van der Waals surface area contributed by atoms with E-state index in [1.165, 1.54) is 32.1 Å². The molecule has 0 aromatic heterocycles. The number of ether oxygens (including phenoxy) is 2. The minimum absolute atomic E-state index is 0.0643. The summed E-state index contributed by atoms with van der Waals surface area (Å²) in [7, 11) is 1.68. The number of fused-ring (bicyclic) bond motifs is 1. The molecule has 0 amide bonds. The SMILES string of the molecule is CCCCCCCC1C[C@@H](N)c2cc(OC)ccc2O1. The maximum Gasteiger partial charge on any atom is 0.124 e. The Morgan fingerprint density at radius 3 is 2.80 bits per heavy atom. The van der Waals surface area contributed by atoms with Crippen molar-refractivity contribution in [3.8, 4) is 11.5 Å². The summed E-state index contributed by atoms with van der Waals surface area (Å²) >= 11 is 0. The summed E-state index contributed by atoms with van der Waals surface area (Å²) in [6.45, 7) is 2.24. The predicted molar refractivity (Wildman–Crippen MR) is 82.3 cm³/mol. The van der Waals surface area contributed by atoms with Crippen molar-refractivity contribution in [2.24, 2.45) is 5.73 Å². The Labute approximate surface area is 122 Å². The molecule has 0 saturated carbocycles. The number of methoxy groups -OCH3 is 1. The average Bonchev–Trinajstić information content (AvgIpc) is 2.47. The van der Waals surface area contributed by atoms with Gasteiger partial charge in [0.15, 0.2) is 0 Å². The molecule has 1 aliphatic heterocycles. The summed E-state index contributed by atoms with van der Waals surface area (Å²) in [6.07, 6.45) is 8.81. The molecule has 0 spiro atoms. The van der Waals surface area contributed by atoms with Gasteiger partial charge in [0.1, 0.15) is 17.6 Å². The Bertz CT molecular complexity index is 419. The van der Waals surface area contributed by atoms with Crippen LogP contribution in [-0.4, -0.2) is 13.2 Å². The van der Waals surface area contributed by atoms with Crippen molar-refractivity contribution in [1.29, 1.82) is 0 Å². The van der Waals surface area contributed by atoms with E-state index in [1.54, 1.807) is 7.11 Å². The van der Waals surface area contributed by atoms with Gasteiger partial charge in [0.25, 0.3) is 0 Å². The molecule has 112 valence electrons. The zero-order chi connectivity index (χ0) is 14.4. The van der Waals surface area contributed by atoms with Crippen molar-refractivity contribution in [2.75, 3.05) is 7.11 Å². The monoisotopic (exact) mass is 277 g/mol. The summed E-state index contributed by atoms with van der Waals surface area (Å²) in [4.78, 5) is 0. The standard InChI is InChI=1S/C17H27NO2/c1-3-4-5-6-7-8-14-12-16(18)15-11-13(19-2)9-10-17(15)20-14/h9-11,14,16H,3-8,12,18H2,1-2H3/t14?,16-/m1/s1. The molecule has 1 aromatic rings. The molecule has 3 nitrogen and oxygen atoms in total. The normalized spacial score (nSPS) is 21.1. The molecule has 1 aliphatic rings. The van der Waals surface area contributed by atoms with Crippen molar-refractivity contribution in [3.63, 3.8) is 0 Å². The molecule has 2 atom stereocenters. The van der Waals surface area contributed by atoms with Crippen LogP contribution in [0.1, 0.15) is 63.5 Å². The van der Waals surface area contributed by atoms with Gasteiger partial charge in [-0.2, -0.15) is 0 Å². The first-order valence-electron chi connectivity index (χ1n) is 7.84. The van der Waals surface area contributed by atoms with Crippen LogP contribution < -0.4 is 15.2 Å². The first-order valence-corrected chi connectivity index (χ1v) is 7.84. The van der Waals surface area contributed by atoms with E-state index in [-0.39, 0.29) is 12.1 Å². The molecular formula is C17H27NO2. The van der Waals surface area contributed by atoms with Gasteiger partial charge in [-0.25, -0.2) is 0 Å². The smallest absolute Gasteiger partial charge is 0.124 e. The van der Waals surface area contributed by atoms with Crippen molar-refractivity contribution < 1.29 is 9.47 Å². The minimum Gasteiger partial charge on any atom is -0.497 e. The number of rotatable bonds is 7. The third-order valence-electron chi connectivity index (χ3n) is 4.06. The lowest BCUT2D eigenvalue weighted by Gasteiger charge is -2.30. The van der Waals surface area contributed by atoms with Gasteiger partial charge in [0, 0.05) is 18.0 Å². The number of nitrogens with two attached hydrogens (primary N) is 1. The van der Waals surface area contributed by atoms with Crippen LogP contribution in [0, 0.1) is 0 Å². The summed E-state index contributed by atoms with van der Waals surface area (Å²) < 4.78 is 11.3. The number of unbranched alkanes of at least 4 members (excludes halogenated alkanes) is 4. The van der Waals surface area contributed by atoms with Gasteiger partial charge in [0.2, 0.25) is 0 Å². The molecule has 0 radical (unpaired) electrons. The van der Waals surface area contributed by atoms with Crippen LogP contribution in [0.25, 0.3) is 0 Å². The van der Waals surface area contributed by atoms with Crippen molar-refractivity contribution in [3.05, 3.63) is 23.8 Å². The fraction of sp³-hybridized carbons (Fsp3) is 0.647. The molecule has 1 heterocycles. The second kappa shape index (κ2) is 7.53. The van der Waals surface area contributed by atoms with Crippen molar-refractivity contribution in [1.82, 2.24) is 0 Å². The fourth-order valence-electron chi connectivity index (χ4n) is 2.84. The van der Waals surface area contributed by atoms with Crippen LogP contribution >= 0.6 is 0 Å². The van der Waals surface area contributed by atoms with E-state index in [2.05, 4.69) is 6.92 Å². The van der Waals surface area contributed by atoms with Crippen LogP contribution in [0.15, 0.2) is 18.2 Å². The third kappa shape index (κ3) is 3.89. The van der Waals surface area contributed by atoms with Gasteiger partial charge in [0.05, 0.1) is 7.11 Å². The Morgan fingerprint density at radius 2 is 2.05 bits per heavy atom. The summed E-state index contributed by atoms with van der Waals surface area (Å²) in [6, 6.07) is 5.98. The van der Waals surface area contributed by atoms with Gasteiger partial charge < -0.3 is 15.2 Å². The van der Waals surface area contributed by atoms with E-state index >= 15 is 0 Å². The topological polar surface area (TPSA) is 44.5 Å². The van der Waals surface area contributed by atoms with E-state index in [0.29, 0.717) is 0 Å². The Morgan fingerprint density at radius 1 is 1.25 bits per heavy atom. The van der Waals surface area contributed by atoms with E-state index in [1.807, 2.05) is 18.2 Å². The van der Waals surface area contributed by atoms with Gasteiger partial charge in [-0.3, -0.25) is 0 Å². The van der Waals surface area contributed by atoms with Crippen LogP contribution in [-0.2, 0) is 0 Å². The van der Waals surface area contributed by atoms with E-state index < -0.39 is 0 Å². The number of benzene rings is 1.